The minimum Gasteiger partial charge on any atom is -0.460 e. The lowest BCUT2D eigenvalue weighted by Crippen LogP contribution is -2.40. The lowest BCUT2D eigenvalue weighted by molar-refractivity contribution is -0.154. The van der Waals surface area contributed by atoms with Crippen molar-refractivity contribution in [2.24, 2.45) is 4.99 Å². The number of hydrogen-bond donors (Lipinski definition) is 2. The van der Waals surface area contributed by atoms with Gasteiger partial charge in [0, 0.05) is 5.69 Å². The Bertz CT molecular complexity index is 1630. The predicted molar refractivity (Wildman–Crippen MR) is 166 cm³/mol. The fourth-order valence-electron chi connectivity index (χ4n) is 3.59. The van der Waals surface area contributed by atoms with Gasteiger partial charge in [0.15, 0.2) is 11.4 Å². The summed E-state index contributed by atoms with van der Waals surface area (Å²) in [7, 11) is 0. The number of halogens is 1. The van der Waals surface area contributed by atoms with Crippen molar-refractivity contribution in [1.82, 2.24) is 19.9 Å². The summed E-state index contributed by atoms with van der Waals surface area (Å²) >= 11 is 6.42. The van der Waals surface area contributed by atoms with Gasteiger partial charge in [-0.1, -0.05) is 11.6 Å². The number of hydrogen-bond acceptors (Lipinski definition) is 10. The van der Waals surface area contributed by atoms with E-state index < -0.39 is 40.9 Å². The highest BCUT2D eigenvalue weighted by Gasteiger charge is 2.23. The lowest BCUT2D eigenvalue weighted by Gasteiger charge is -2.21. The zero-order valence-corrected chi connectivity index (χ0v) is 27.4. The molecule has 14 nitrogen and oxygen atoms in total. The van der Waals surface area contributed by atoms with Crippen LogP contribution in [0.2, 0.25) is 5.02 Å². The summed E-state index contributed by atoms with van der Waals surface area (Å²) in [5, 5.41) is 9.25. The van der Waals surface area contributed by atoms with Gasteiger partial charge in [0.2, 0.25) is 5.96 Å². The maximum absolute atomic E-state index is 13.1. The molecule has 45 heavy (non-hydrogen) atoms. The van der Waals surface area contributed by atoms with Crippen molar-refractivity contribution >= 4 is 53.0 Å². The summed E-state index contributed by atoms with van der Waals surface area (Å²) in [6.45, 7) is 15.3. The molecule has 0 aliphatic rings. The van der Waals surface area contributed by atoms with E-state index in [1.807, 2.05) is 0 Å². The topological polar surface area (TPSA) is 172 Å². The number of amides is 2. The molecule has 3 rings (SSSR count). The summed E-state index contributed by atoms with van der Waals surface area (Å²) in [5.74, 6) is -1.47. The Morgan fingerprint density at radius 1 is 0.889 bits per heavy atom. The molecule has 0 saturated carbocycles. The average molecular weight is 645 g/mol. The molecule has 0 unspecified atom stereocenters. The second kappa shape index (κ2) is 13.5. The van der Waals surface area contributed by atoms with Crippen LogP contribution in [0.4, 0.5) is 15.3 Å². The van der Waals surface area contributed by atoms with E-state index in [1.165, 1.54) is 35.1 Å². The molecule has 0 saturated heterocycles. The number of alkyl carbamates (subject to hydrolysis) is 1. The van der Waals surface area contributed by atoms with Gasteiger partial charge >= 0.3 is 24.1 Å². The maximum atomic E-state index is 13.1. The van der Waals surface area contributed by atoms with E-state index in [1.54, 1.807) is 68.4 Å². The SMILES string of the molecule is CC(C)(C)OC(=O)Cc1ccc(OC(=O)c2ccc(N/C(=N/C(=O)OC(C)(C)C)NC(=O)OC(C)(C)C)cc2Cl)c2ncnn12. The summed E-state index contributed by atoms with van der Waals surface area (Å²) in [6, 6.07) is 7.28. The van der Waals surface area contributed by atoms with Crippen LogP contribution < -0.4 is 15.4 Å². The molecule has 0 atom stereocenters. The molecule has 2 heterocycles. The number of carbonyl (C=O) groups excluding carboxylic acids is 4. The number of carbonyl (C=O) groups is 4. The summed E-state index contributed by atoms with van der Waals surface area (Å²) in [4.78, 5) is 58.1. The summed E-state index contributed by atoms with van der Waals surface area (Å²) in [6.07, 6.45) is -0.654. The zero-order valence-electron chi connectivity index (χ0n) is 26.6. The Labute approximate surface area is 265 Å². The molecule has 2 amide bonds. The highest BCUT2D eigenvalue weighted by molar-refractivity contribution is 6.34. The first-order valence-corrected chi connectivity index (χ1v) is 14.2. The van der Waals surface area contributed by atoms with Crippen LogP contribution >= 0.6 is 11.6 Å². The maximum Gasteiger partial charge on any atom is 0.437 e. The first-order valence-electron chi connectivity index (χ1n) is 13.8. The Kier molecular flexibility index (Phi) is 10.4. The van der Waals surface area contributed by atoms with Gasteiger partial charge < -0.3 is 24.3 Å². The number of nitrogens with zero attached hydrogens (tertiary/aromatic N) is 4. The molecule has 0 fully saturated rings. The molecule has 15 heteroatoms. The number of esters is 2. The highest BCUT2D eigenvalue weighted by Crippen LogP contribution is 2.26. The molecule has 1 aromatic carbocycles. The molecule has 2 aromatic heterocycles. The van der Waals surface area contributed by atoms with E-state index in [-0.39, 0.29) is 40.1 Å². The monoisotopic (exact) mass is 644 g/mol. The largest absolute Gasteiger partial charge is 0.460 e. The van der Waals surface area contributed by atoms with Crippen molar-refractivity contribution in [3.63, 3.8) is 0 Å². The first kappa shape index (κ1) is 34.8. The number of aliphatic imine (C=N–C) groups is 1. The highest BCUT2D eigenvalue weighted by atomic mass is 35.5. The van der Waals surface area contributed by atoms with Gasteiger partial charge in [-0.25, -0.2) is 23.9 Å². The minimum atomic E-state index is -0.968. The fourth-order valence-corrected chi connectivity index (χ4v) is 3.85. The first-order chi connectivity index (χ1) is 20.7. The Hall–Kier alpha value is -4.72. The summed E-state index contributed by atoms with van der Waals surface area (Å²) < 4.78 is 22.8. The molecule has 0 spiro atoms. The van der Waals surface area contributed by atoms with E-state index in [0.717, 1.165) is 0 Å². The third kappa shape index (κ3) is 11.1. The molecule has 2 N–H and O–H groups in total. The van der Waals surface area contributed by atoms with Gasteiger partial charge in [-0.05, 0) is 92.6 Å². The van der Waals surface area contributed by atoms with E-state index in [4.69, 9.17) is 30.5 Å². The molecular formula is C30H37ClN6O8. The molecule has 0 aliphatic carbocycles. The van der Waals surface area contributed by atoms with Crippen LogP contribution in [0, 0.1) is 0 Å². The van der Waals surface area contributed by atoms with Crippen molar-refractivity contribution in [3.8, 4) is 5.75 Å². The van der Waals surface area contributed by atoms with Crippen molar-refractivity contribution in [1.29, 1.82) is 0 Å². The standard InChI is InChI=1S/C30H37ClN6O8/c1-28(2,3)43-22(38)15-18-11-13-21(23-32-16-33-37(18)23)42-24(39)19-12-10-17(14-20(19)31)34-25(35-26(40)44-29(4,5)6)36-27(41)45-30(7,8)9/h10-14,16H,15H2,1-9H3,(H2,34,35,36,40,41). The average Bonchev–Trinajstić information content (AvgIpc) is 3.32. The lowest BCUT2D eigenvalue weighted by atomic mass is 10.2. The number of benzene rings is 1. The van der Waals surface area contributed by atoms with Crippen LogP contribution in [0.1, 0.15) is 78.4 Å². The number of aromatic nitrogens is 3. The van der Waals surface area contributed by atoms with E-state index in [2.05, 4.69) is 25.7 Å². The third-order valence-electron chi connectivity index (χ3n) is 5.08. The molecule has 0 radical (unpaired) electrons. The molecule has 0 bridgehead atoms. The van der Waals surface area contributed by atoms with Crippen LogP contribution in [0.3, 0.4) is 0 Å². The number of nitrogens with one attached hydrogen (secondary N) is 2. The number of guanidine groups is 1. The minimum absolute atomic E-state index is 0.00319. The quantitative estimate of drug-likeness (QED) is 0.151. The van der Waals surface area contributed by atoms with Gasteiger partial charge in [0.1, 0.15) is 23.1 Å². The smallest absolute Gasteiger partial charge is 0.437 e. The third-order valence-corrected chi connectivity index (χ3v) is 5.40. The molecule has 0 aliphatic heterocycles. The second-order valence-corrected chi connectivity index (χ2v) is 13.1. The molecular weight excluding hydrogens is 608 g/mol. The van der Waals surface area contributed by atoms with Gasteiger partial charge in [-0.3, -0.25) is 10.1 Å². The normalized spacial score (nSPS) is 12.4. The van der Waals surface area contributed by atoms with Gasteiger partial charge in [0.25, 0.3) is 0 Å². The Balaban J connectivity index is 1.80. The van der Waals surface area contributed by atoms with E-state index in [9.17, 15) is 19.2 Å². The molecule has 3 aromatic rings. The van der Waals surface area contributed by atoms with Crippen LogP contribution in [0.15, 0.2) is 41.7 Å². The van der Waals surface area contributed by atoms with Crippen LogP contribution in [-0.2, 0) is 25.4 Å². The van der Waals surface area contributed by atoms with E-state index >= 15 is 0 Å². The fraction of sp³-hybridized carbons (Fsp3) is 0.433. The number of anilines is 1. The summed E-state index contributed by atoms with van der Waals surface area (Å²) in [5.41, 5.74) is -1.35. The Morgan fingerprint density at radius 3 is 2.13 bits per heavy atom. The van der Waals surface area contributed by atoms with E-state index in [0.29, 0.717) is 5.69 Å². The number of pyridine rings is 1. The van der Waals surface area contributed by atoms with Gasteiger partial charge in [0.05, 0.1) is 22.7 Å². The number of rotatable bonds is 5. The predicted octanol–water partition coefficient (Wildman–Crippen LogP) is 5.71. The number of fused-ring (bicyclic) bond motifs is 1. The van der Waals surface area contributed by atoms with Crippen molar-refractivity contribution in [2.75, 3.05) is 5.32 Å². The van der Waals surface area contributed by atoms with Crippen molar-refractivity contribution in [3.05, 3.63) is 52.9 Å². The number of ether oxygens (including phenoxy) is 4. The van der Waals surface area contributed by atoms with Crippen LogP contribution in [-0.4, -0.2) is 61.5 Å². The second-order valence-electron chi connectivity index (χ2n) is 12.7. The van der Waals surface area contributed by atoms with Crippen LogP contribution in [0.5, 0.6) is 5.75 Å². The van der Waals surface area contributed by atoms with Gasteiger partial charge in [-0.15, -0.1) is 4.99 Å². The Morgan fingerprint density at radius 2 is 1.53 bits per heavy atom. The zero-order chi connectivity index (χ0) is 33.7. The van der Waals surface area contributed by atoms with Crippen molar-refractivity contribution < 1.29 is 38.1 Å². The van der Waals surface area contributed by atoms with Crippen LogP contribution in [0.25, 0.3) is 5.65 Å². The molecule has 242 valence electrons. The van der Waals surface area contributed by atoms with Crippen molar-refractivity contribution in [2.45, 2.75) is 85.5 Å². The van der Waals surface area contributed by atoms with Gasteiger partial charge in [-0.2, -0.15) is 5.10 Å².